The Morgan fingerprint density at radius 3 is 2.37 bits per heavy atom. The van der Waals surface area contributed by atoms with Gasteiger partial charge >= 0.3 is 12.3 Å². The van der Waals surface area contributed by atoms with Crippen molar-refractivity contribution in [3.05, 3.63) is 137 Å². The fourth-order valence-electron chi connectivity index (χ4n) is 7.82. The lowest BCUT2D eigenvalue weighted by molar-refractivity contribution is -0.137. The molecule has 13 nitrogen and oxygen atoms in total. The number of benzene rings is 4. The number of halogens is 5. The number of hydrogen-bond acceptors (Lipinski definition) is 10. The number of methoxy groups -OCH3 is 2. The van der Waals surface area contributed by atoms with E-state index in [2.05, 4.69) is 20.6 Å². The first-order valence-corrected chi connectivity index (χ1v) is 22.4. The first-order chi connectivity index (χ1) is 30.9. The van der Waals surface area contributed by atoms with E-state index in [-0.39, 0.29) is 42.5 Å². The first kappa shape index (κ1) is 48.3. The van der Waals surface area contributed by atoms with Gasteiger partial charge in [0.2, 0.25) is 5.91 Å². The van der Waals surface area contributed by atoms with Crippen LogP contribution < -0.4 is 24.4 Å². The van der Waals surface area contributed by atoms with Gasteiger partial charge in [-0.15, -0.1) is 0 Å². The predicted molar refractivity (Wildman–Crippen MR) is 237 cm³/mol. The van der Waals surface area contributed by atoms with Crippen LogP contribution in [0.25, 0.3) is 0 Å². The number of alkyl carbamates (subject to hydrolysis) is 1. The van der Waals surface area contributed by atoms with Crippen LogP contribution in [0, 0.1) is 11.7 Å². The van der Waals surface area contributed by atoms with Gasteiger partial charge in [-0.25, -0.2) is 31.9 Å². The number of aromatic nitrogens is 2. The van der Waals surface area contributed by atoms with Gasteiger partial charge in [-0.2, -0.15) is 13.2 Å². The second kappa shape index (κ2) is 20.8. The molecular formula is C46H49ClF4N6O7S. The largest absolute Gasteiger partial charge is 0.497 e. The van der Waals surface area contributed by atoms with Gasteiger partial charge in [-0.1, -0.05) is 74.0 Å². The molecule has 2 N–H and O–H groups in total. The lowest BCUT2D eigenvalue weighted by Crippen LogP contribution is -2.57. The third-order valence-electron chi connectivity index (χ3n) is 11.3. The van der Waals surface area contributed by atoms with Gasteiger partial charge in [0.05, 0.1) is 43.1 Å². The lowest BCUT2D eigenvalue weighted by Gasteiger charge is -2.43. The molecule has 0 saturated heterocycles. The third-order valence-corrected chi connectivity index (χ3v) is 13.4. The van der Waals surface area contributed by atoms with Gasteiger partial charge in [-0.3, -0.25) is 4.79 Å². The minimum atomic E-state index is -4.74. The molecule has 1 aliphatic rings. The second-order valence-corrected chi connectivity index (χ2v) is 18.1. The van der Waals surface area contributed by atoms with Crippen LogP contribution in [0.5, 0.6) is 11.5 Å². The highest BCUT2D eigenvalue weighted by Gasteiger charge is 2.40. The molecular weight excluding hydrogens is 892 g/mol. The van der Waals surface area contributed by atoms with Crippen molar-refractivity contribution >= 4 is 45.1 Å². The molecule has 0 bridgehead atoms. The van der Waals surface area contributed by atoms with Crippen molar-refractivity contribution in [2.24, 2.45) is 5.92 Å². The van der Waals surface area contributed by atoms with Gasteiger partial charge in [0.25, 0.3) is 10.0 Å². The number of rotatable bonds is 16. The van der Waals surface area contributed by atoms with E-state index < -0.39 is 74.4 Å². The summed E-state index contributed by atoms with van der Waals surface area (Å²) in [4.78, 5) is 36.1. The highest BCUT2D eigenvalue weighted by Crippen LogP contribution is 2.41. The molecule has 0 radical (unpaired) electrons. The molecule has 1 heterocycles. The average molecular weight is 941 g/mol. The maximum Gasteiger partial charge on any atom is 0.416 e. The summed E-state index contributed by atoms with van der Waals surface area (Å²) in [6.45, 7) is 3.11. The molecule has 1 aromatic heterocycles. The van der Waals surface area contributed by atoms with Gasteiger partial charge in [0.1, 0.15) is 47.0 Å². The van der Waals surface area contributed by atoms with E-state index >= 15 is 4.39 Å². The maximum atomic E-state index is 16.4. The average Bonchev–Trinajstić information content (AvgIpc) is 3.30. The second-order valence-electron chi connectivity index (χ2n) is 15.8. The van der Waals surface area contributed by atoms with Crippen LogP contribution in [0.1, 0.15) is 61.3 Å². The number of amides is 2. The van der Waals surface area contributed by atoms with Crippen LogP contribution in [-0.2, 0) is 38.9 Å². The summed E-state index contributed by atoms with van der Waals surface area (Å²) >= 11 is 6.80. The highest BCUT2D eigenvalue weighted by molar-refractivity contribution is 7.92. The summed E-state index contributed by atoms with van der Waals surface area (Å²) in [5, 5.41) is 5.72. The topological polar surface area (TPSA) is 152 Å². The van der Waals surface area contributed by atoms with Crippen LogP contribution in [0.2, 0.25) is 5.02 Å². The Morgan fingerprint density at radius 1 is 0.954 bits per heavy atom. The molecule has 1 aliphatic carbocycles. The quantitative estimate of drug-likeness (QED) is 0.0917. The van der Waals surface area contributed by atoms with Gasteiger partial charge in [-0.05, 0) is 72.6 Å². The Balaban J connectivity index is 1.30. The summed E-state index contributed by atoms with van der Waals surface area (Å²) in [7, 11) is -0.335. The molecule has 2 amide bonds. The van der Waals surface area contributed by atoms with Crippen molar-refractivity contribution < 1.29 is 49.8 Å². The zero-order valence-electron chi connectivity index (χ0n) is 36.2. The Morgan fingerprint density at radius 2 is 1.71 bits per heavy atom. The van der Waals surface area contributed by atoms with E-state index in [4.69, 9.17) is 25.8 Å². The molecule has 65 heavy (non-hydrogen) atoms. The van der Waals surface area contributed by atoms with Crippen LogP contribution in [0.3, 0.4) is 0 Å². The predicted octanol–water partition coefficient (Wildman–Crippen LogP) is 9.23. The number of nitrogens with zero attached hydrogens (tertiary/aromatic N) is 4. The standard InChI is InChI=1S/C46H49ClF4N6O7S/c1-28(2)43(55-45(59)64-26-29-10-7-6-8-11-29)44(58)56(3)39-21-31(30-12-9-13-33(20-30)46(49,50)51)15-17-37(39)54-38-24-36(48)41(23-35(38)47)65(60,61)57(42-18-19-52-27-53-42)25-32-14-16-34(62-4)22-40(32)63-5/h6-14,16,18-20,22-24,27-28,31,37,39,43,54H,15,17,21,25-26H2,1-5H3,(H,55,59)/t31-,37-,39-,43?/m0/s1. The van der Waals surface area contributed by atoms with Crippen LogP contribution in [0.15, 0.2) is 108 Å². The van der Waals surface area contributed by atoms with Crippen LogP contribution >= 0.6 is 11.6 Å². The number of alkyl halides is 3. The summed E-state index contributed by atoms with van der Waals surface area (Å²) < 4.78 is 104. The van der Waals surface area contributed by atoms with Crippen molar-refractivity contribution in [2.75, 3.05) is 30.9 Å². The summed E-state index contributed by atoms with van der Waals surface area (Å²) in [6, 6.07) is 19.6. The number of nitrogens with one attached hydrogen (secondary N) is 2. The molecule has 19 heteroatoms. The number of ether oxygens (including phenoxy) is 3. The number of carbonyl (C=O) groups excluding carboxylic acids is 2. The van der Waals surface area contributed by atoms with E-state index in [1.165, 1.54) is 44.5 Å². The molecule has 1 fully saturated rings. The lowest BCUT2D eigenvalue weighted by atomic mass is 9.77. The van der Waals surface area contributed by atoms with Crippen molar-refractivity contribution in [1.29, 1.82) is 0 Å². The number of hydrogen-bond donors (Lipinski definition) is 2. The fourth-order valence-corrected chi connectivity index (χ4v) is 9.57. The van der Waals surface area contributed by atoms with Crippen molar-refractivity contribution in [3.8, 4) is 11.5 Å². The van der Waals surface area contributed by atoms with E-state index in [1.807, 2.05) is 6.07 Å². The maximum absolute atomic E-state index is 16.4. The smallest absolute Gasteiger partial charge is 0.416 e. The molecule has 6 rings (SSSR count). The minimum absolute atomic E-state index is 0.00455. The molecule has 1 saturated carbocycles. The summed E-state index contributed by atoms with van der Waals surface area (Å²) in [6.07, 6.45) is -2.12. The fraction of sp³-hybridized carbons (Fsp3) is 0.348. The summed E-state index contributed by atoms with van der Waals surface area (Å²) in [5.41, 5.74) is 0.760. The normalized spacial score (nSPS) is 16.9. The Bertz CT molecular complexity index is 2560. The Hall–Kier alpha value is -6.14. The molecule has 1 unspecified atom stereocenters. The number of likely N-dealkylation sites (N-methyl/N-ethyl adjacent to an activating group) is 1. The van der Waals surface area contributed by atoms with E-state index in [0.29, 0.717) is 29.0 Å². The zero-order valence-corrected chi connectivity index (χ0v) is 37.8. The van der Waals surface area contributed by atoms with Gasteiger partial charge < -0.3 is 29.7 Å². The van der Waals surface area contributed by atoms with E-state index in [9.17, 15) is 31.2 Å². The highest BCUT2D eigenvalue weighted by atomic mass is 35.5. The minimum Gasteiger partial charge on any atom is -0.497 e. The molecule has 0 spiro atoms. The van der Waals surface area contributed by atoms with Crippen molar-refractivity contribution in [1.82, 2.24) is 20.2 Å². The molecule has 4 aromatic carbocycles. The van der Waals surface area contributed by atoms with Crippen LogP contribution in [0.4, 0.5) is 33.9 Å². The first-order valence-electron chi connectivity index (χ1n) is 20.6. The Kier molecular flexibility index (Phi) is 15.5. The third kappa shape index (κ3) is 11.6. The monoisotopic (exact) mass is 940 g/mol. The molecule has 346 valence electrons. The zero-order chi connectivity index (χ0) is 47.1. The Labute approximate surface area is 380 Å². The number of carbonyl (C=O) groups is 2. The molecule has 5 aromatic rings. The molecule has 4 atom stereocenters. The van der Waals surface area contributed by atoms with E-state index in [1.54, 1.807) is 62.4 Å². The van der Waals surface area contributed by atoms with Crippen LogP contribution in [-0.4, -0.2) is 74.7 Å². The SMILES string of the molecule is COc1ccc(CN(c2ccncn2)S(=O)(=O)c2cc(Cl)c(N[C@H]3CC[C@H](c4cccc(C(F)(F)F)c4)C[C@@H]3N(C)C(=O)C(NC(=O)OCc3ccccc3)C(C)C)cc2F)c(OC)c1. The van der Waals surface area contributed by atoms with Crippen molar-refractivity contribution in [2.45, 2.75) is 81.4 Å². The summed E-state index contributed by atoms with van der Waals surface area (Å²) in [5.74, 6) is -1.83. The number of anilines is 2. The number of sulfonamides is 1. The molecule has 0 aliphatic heterocycles. The van der Waals surface area contributed by atoms with Gasteiger partial charge in [0.15, 0.2) is 0 Å². The van der Waals surface area contributed by atoms with Gasteiger partial charge in [0, 0.05) is 37.0 Å². The van der Waals surface area contributed by atoms with E-state index in [0.717, 1.165) is 40.5 Å². The van der Waals surface area contributed by atoms with Crippen molar-refractivity contribution in [3.63, 3.8) is 0 Å².